The molecule has 1 saturated heterocycles. The molecule has 0 aliphatic carbocycles. The van der Waals surface area contributed by atoms with Crippen LogP contribution in [0.4, 0.5) is 0 Å². The van der Waals surface area contributed by atoms with Crippen molar-refractivity contribution >= 4 is 0 Å². The molecular formula is C34H38N2O3. The molecule has 4 aromatic rings. The lowest BCUT2D eigenvalue weighted by Gasteiger charge is -2.47. The van der Waals surface area contributed by atoms with Gasteiger partial charge in [0.15, 0.2) is 0 Å². The number of hydrogen-bond acceptors (Lipinski definition) is 5. The molecule has 0 spiro atoms. The third kappa shape index (κ3) is 7.85. The van der Waals surface area contributed by atoms with Gasteiger partial charge in [0.05, 0.1) is 32.5 Å². The number of benzene rings is 4. The van der Waals surface area contributed by atoms with Crippen LogP contribution in [0.5, 0.6) is 0 Å². The Morgan fingerprint density at radius 3 is 1.51 bits per heavy atom. The zero-order chi connectivity index (χ0) is 26.7. The maximum absolute atomic E-state index is 6.84. The quantitative estimate of drug-likeness (QED) is 0.263. The van der Waals surface area contributed by atoms with Gasteiger partial charge >= 0.3 is 0 Å². The monoisotopic (exact) mass is 522 g/mol. The minimum atomic E-state index is -0.272. The van der Waals surface area contributed by atoms with E-state index in [2.05, 4.69) is 65.6 Å². The van der Waals surface area contributed by atoms with Crippen molar-refractivity contribution in [3.05, 3.63) is 144 Å². The van der Waals surface area contributed by atoms with Gasteiger partial charge in [0.2, 0.25) is 0 Å². The smallest absolute Gasteiger partial charge is 0.103 e. The fourth-order valence-corrected chi connectivity index (χ4v) is 5.21. The first kappa shape index (κ1) is 27.3. The van der Waals surface area contributed by atoms with Crippen LogP contribution in [0.3, 0.4) is 0 Å². The van der Waals surface area contributed by atoms with Crippen LogP contribution in [0, 0.1) is 0 Å². The van der Waals surface area contributed by atoms with E-state index in [1.165, 1.54) is 5.56 Å². The van der Waals surface area contributed by atoms with Crippen molar-refractivity contribution in [3.8, 4) is 0 Å². The summed E-state index contributed by atoms with van der Waals surface area (Å²) >= 11 is 0. The fourth-order valence-electron chi connectivity index (χ4n) is 5.21. The van der Waals surface area contributed by atoms with E-state index in [0.717, 1.165) is 23.2 Å². The minimum absolute atomic E-state index is 0.0294. The Kier molecular flexibility index (Phi) is 9.91. The molecule has 1 aliphatic rings. The molecule has 0 saturated carbocycles. The molecule has 0 bridgehead atoms. The van der Waals surface area contributed by atoms with Crippen LogP contribution in [0.15, 0.2) is 121 Å². The molecule has 5 heteroatoms. The number of piperidine rings is 1. The highest BCUT2D eigenvalue weighted by molar-refractivity contribution is 5.17. The third-order valence-electron chi connectivity index (χ3n) is 7.24. The second-order valence-electron chi connectivity index (χ2n) is 10.2. The van der Waals surface area contributed by atoms with Gasteiger partial charge in [0, 0.05) is 19.1 Å². The van der Waals surface area contributed by atoms with Crippen molar-refractivity contribution in [1.82, 2.24) is 4.90 Å². The van der Waals surface area contributed by atoms with Gasteiger partial charge in [-0.25, -0.2) is 0 Å². The Hall–Kier alpha value is -3.32. The van der Waals surface area contributed by atoms with Gasteiger partial charge in [0.25, 0.3) is 0 Å². The number of nitrogens with zero attached hydrogens (tertiary/aromatic N) is 1. The SMILES string of the molecule is N[C@H]1CN(Cc2ccccc2)[C@H](COCc2ccccc2)[C@H](OCc2ccccc2)[C@@H]1OCc1ccccc1. The van der Waals surface area contributed by atoms with Crippen molar-refractivity contribution in [3.63, 3.8) is 0 Å². The van der Waals surface area contributed by atoms with E-state index in [1.807, 2.05) is 60.7 Å². The van der Waals surface area contributed by atoms with E-state index in [9.17, 15) is 0 Å². The maximum atomic E-state index is 6.84. The molecule has 2 N–H and O–H groups in total. The Bertz CT molecular complexity index is 1220. The van der Waals surface area contributed by atoms with Crippen molar-refractivity contribution in [2.75, 3.05) is 13.2 Å². The summed E-state index contributed by atoms with van der Waals surface area (Å²) in [7, 11) is 0. The molecule has 4 atom stereocenters. The largest absolute Gasteiger partial charge is 0.375 e. The minimum Gasteiger partial charge on any atom is -0.375 e. The van der Waals surface area contributed by atoms with E-state index in [1.54, 1.807) is 0 Å². The number of ether oxygens (including phenoxy) is 3. The molecular weight excluding hydrogens is 484 g/mol. The summed E-state index contributed by atoms with van der Waals surface area (Å²) < 4.78 is 19.6. The normalized spacial score (nSPS) is 21.6. The molecule has 4 aromatic carbocycles. The summed E-state index contributed by atoms with van der Waals surface area (Å²) in [6, 6.07) is 41.1. The van der Waals surface area contributed by atoms with E-state index >= 15 is 0 Å². The van der Waals surface area contributed by atoms with Gasteiger partial charge in [-0.3, -0.25) is 4.90 Å². The topological polar surface area (TPSA) is 57.0 Å². The zero-order valence-corrected chi connectivity index (χ0v) is 22.3. The van der Waals surface area contributed by atoms with Crippen molar-refractivity contribution in [2.45, 2.75) is 50.7 Å². The zero-order valence-electron chi connectivity index (χ0n) is 22.3. The van der Waals surface area contributed by atoms with E-state index in [0.29, 0.717) is 33.0 Å². The van der Waals surface area contributed by atoms with E-state index in [4.69, 9.17) is 19.9 Å². The van der Waals surface area contributed by atoms with Crippen LogP contribution >= 0.6 is 0 Å². The molecule has 5 rings (SSSR count). The molecule has 39 heavy (non-hydrogen) atoms. The first-order chi connectivity index (χ1) is 19.3. The van der Waals surface area contributed by atoms with Gasteiger partial charge in [-0.15, -0.1) is 0 Å². The van der Waals surface area contributed by atoms with Gasteiger partial charge < -0.3 is 19.9 Å². The highest BCUT2D eigenvalue weighted by atomic mass is 16.5. The molecule has 0 amide bonds. The Labute approximate surface area is 232 Å². The predicted octanol–water partition coefficient (Wildman–Crippen LogP) is 5.59. The maximum Gasteiger partial charge on any atom is 0.103 e. The van der Waals surface area contributed by atoms with Crippen LogP contribution in [0.1, 0.15) is 22.3 Å². The van der Waals surface area contributed by atoms with Crippen LogP contribution in [0.25, 0.3) is 0 Å². The summed E-state index contributed by atoms with van der Waals surface area (Å²) in [5.74, 6) is 0. The standard InChI is InChI=1S/C34H38N2O3/c35-31-22-36(21-27-13-5-1-6-14-27)32(26-37-23-28-15-7-2-8-16-28)34(39-25-30-19-11-4-12-20-30)33(31)38-24-29-17-9-3-10-18-29/h1-20,31-34H,21-26,35H2/t31-,32+,33+,34-/m0/s1. The number of hydrogen-bond donors (Lipinski definition) is 1. The van der Waals surface area contributed by atoms with Gasteiger partial charge in [0.1, 0.15) is 12.2 Å². The van der Waals surface area contributed by atoms with E-state index in [-0.39, 0.29) is 24.3 Å². The first-order valence-electron chi connectivity index (χ1n) is 13.7. The van der Waals surface area contributed by atoms with Crippen molar-refractivity contribution in [2.24, 2.45) is 5.73 Å². The number of likely N-dealkylation sites (tertiary alicyclic amines) is 1. The third-order valence-corrected chi connectivity index (χ3v) is 7.24. The lowest BCUT2D eigenvalue weighted by molar-refractivity contribution is -0.166. The summed E-state index contributed by atoms with van der Waals surface area (Å²) in [6.45, 7) is 3.49. The van der Waals surface area contributed by atoms with Crippen LogP contribution < -0.4 is 5.73 Å². The highest BCUT2D eigenvalue weighted by Crippen LogP contribution is 2.27. The molecule has 0 aromatic heterocycles. The molecule has 0 unspecified atom stereocenters. The lowest BCUT2D eigenvalue weighted by Crippen LogP contribution is -2.66. The Morgan fingerprint density at radius 1 is 0.564 bits per heavy atom. The predicted molar refractivity (Wildman–Crippen MR) is 155 cm³/mol. The van der Waals surface area contributed by atoms with Crippen LogP contribution in [-0.2, 0) is 40.6 Å². The summed E-state index contributed by atoms with van der Waals surface area (Å²) in [4.78, 5) is 2.41. The molecule has 5 nitrogen and oxygen atoms in total. The highest BCUT2D eigenvalue weighted by Gasteiger charge is 2.44. The number of rotatable bonds is 12. The summed E-state index contributed by atoms with van der Waals surface area (Å²) in [5.41, 5.74) is 11.5. The second-order valence-corrected chi connectivity index (χ2v) is 10.2. The van der Waals surface area contributed by atoms with Gasteiger partial charge in [-0.05, 0) is 22.3 Å². The molecule has 0 radical (unpaired) electrons. The lowest BCUT2D eigenvalue weighted by atomic mass is 9.91. The van der Waals surface area contributed by atoms with E-state index < -0.39 is 0 Å². The van der Waals surface area contributed by atoms with Gasteiger partial charge in [-0.2, -0.15) is 0 Å². The van der Waals surface area contributed by atoms with Crippen LogP contribution in [-0.4, -0.2) is 42.3 Å². The van der Waals surface area contributed by atoms with Crippen molar-refractivity contribution < 1.29 is 14.2 Å². The Balaban J connectivity index is 1.38. The average molecular weight is 523 g/mol. The number of nitrogens with two attached hydrogens (primary N) is 1. The van der Waals surface area contributed by atoms with Crippen LogP contribution in [0.2, 0.25) is 0 Å². The molecule has 1 heterocycles. The fraction of sp³-hybridized carbons (Fsp3) is 0.294. The summed E-state index contributed by atoms with van der Waals surface area (Å²) in [6.07, 6.45) is -0.538. The second kappa shape index (κ2) is 14.2. The average Bonchev–Trinajstić information content (AvgIpc) is 2.99. The molecule has 1 fully saturated rings. The first-order valence-corrected chi connectivity index (χ1v) is 13.7. The van der Waals surface area contributed by atoms with Crippen molar-refractivity contribution in [1.29, 1.82) is 0 Å². The Morgan fingerprint density at radius 2 is 1.00 bits per heavy atom. The molecule has 1 aliphatic heterocycles. The summed E-state index contributed by atoms with van der Waals surface area (Å²) in [5, 5.41) is 0. The molecule has 202 valence electrons. The van der Waals surface area contributed by atoms with Gasteiger partial charge in [-0.1, -0.05) is 121 Å².